The Bertz CT molecular complexity index is 1250. The van der Waals surface area contributed by atoms with Gasteiger partial charge in [0.05, 0.1) is 22.9 Å². The molecule has 0 aliphatic carbocycles. The number of amides is 2. The molecule has 194 valence electrons. The highest BCUT2D eigenvalue weighted by molar-refractivity contribution is 6.42. The quantitative estimate of drug-likeness (QED) is 0.186. The molecule has 0 fully saturated rings. The zero-order chi connectivity index (χ0) is 26.6. The molecule has 2 amide bonds. The van der Waals surface area contributed by atoms with Crippen molar-refractivity contribution in [1.29, 1.82) is 0 Å². The first-order valence-electron chi connectivity index (χ1n) is 11.5. The minimum atomic E-state index is -0.300. The van der Waals surface area contributed by atoms with E-state index in [0.717, 1.165) is 11.1 Å². The molecule has 3 aromatic carbocycles. The highest BCUT2D eigenvalue weighted by Gasteiger charge is 2.08. The fourth-order valence-corrected chi connectivity index (χ4v) is 3.60. The summed E-state index contributed by atoms with van der Waals surface area (Å²) in [7, 11) is 0. The van der Waals surface area contributed by atoms with Crippen LogP contribution in [0.1, 0.15) is 37.3 Å². The van der Waals surface area contributed by atoms with Gasteiger partial charge in [0, 0.05) is 23.6 Å². The molecule has 0 aliphatic rings. The number of hydrogen-bond donors (Lipinski definition) is 2. The lowest BCUT2D eigenvalue weighted by atomic mass is 10.2. The van der Waals surface area contributed by atoms with E-state index in [0.29, 0.717) is 51.9 Å². The average molecular weight is 563 g/mol. The van der Waals surface area contributed by atoms with Crippen LogP contribution in [0.25, 0.3) is 0 Å². The Kier molecular flexibility index (Phi) is 11.1. The van der Waals surface area contributed by atoms with Crippen molar-refractivity contribution < 1.29 is 19.1 Å². The van der Waals surface area contributed by atoms with Crippen LogP contribution in [0, 0.1) is 0 Å². The maximum Gasteiger partial charge on any atom is 0.240 e. The van der Waals surface area contributed by atoms with Crippen LogP contribution in [0.4, 0.5) is 5.69 Å². The molecule has 37 heavy (non-hydrogen) atoms. The lowest BCUT2D eigenvalue weighted by Crippen LogP contribution is -2.18. The number of hydrogen-bond acceptors (Lipinski definition) is 5. The minimum Gasteiger partial charge on any atom is -0.490 e. The van der Waals surface area contributed by atoms with Gasteiger partial charge in [-0.15, -0.1) is 0 Å². The molecule has 0 unspecified atom stereocenters. The predicted molar refractivity (Wildman–Crippen MR) is 148 cm³/mol. The van der Waals surface area contributed by atoms with Crippen molar-refractivity contribution in [2.24, 2.45) is 5.10 Å². The monoisotopic (exact) mass is 561 g/mol. The number of anilines is 1. The van der Waals surface area contributed by atoms with E-state index >= 15 is 0 Å². The van der Waals surface area contributed by atoms with Crippen molar-refractivity contribution in [3.8, 4) is 11.5 Å². The third kappa shape index (κ3) is 9.61. The molecule has 3 rings (SSSR count). The standard InChI is InChI=1S/C27H26Cl3N3O4/c1-2-36-25-14-19(8-13-24(25)37-17-18-6-9-20(28)10-7-18)16-31-33-27(35)5-3-4-26(34)32-21-11-12-22(29)23(30)15-21/h6-16H,2-5,17H2,1H3,(H,32,34)(H,33,35)/b31-16-. The Hall–Kier alpha value is -3.26. The van der Waals surface area contributed by atoms with Crippen molar-refractivity contribution in [2.75, 3.05) is 11.9 Å². The predicted octanol–water partition coefficient (Wildman–Crippen LogP) is 6.88. The minimum absolute atomic E-state index is 0.147. The highest BCUT2D eigenvalue weighted by atomic mass is 35.5. The summed E-state index contributed by atoms with van der Waals surface area (Å²) in [5.74, 6) is 0.639. The lowest BCUT2D eigenvalue weighted by molar-refractivity contribution is -0.121. The number of carbonyl (C=O) groups excluding carboxylic acids is 2. The number of ether oxygens (including phenoxy) is 2. The lowest BCUT2D eigenvalue weighted by Gasteiger charge is -2.12. The Morgan fingerprint density at radius 1 is 0.865 bits per heavy atom. The molecule has 0 bridgehead atoms. The van der Waals surface area contributed by atoms with Crippen LogP contribution in [0.2, 0.25) is 15.1 Å². The van der Waals surface area contributed by atoms with E-state index in [4.69, 9.17) is 44.3 Å². The second-order valence-corrected chi connectivity index (χ2v) is 9.13. The van der Waals surface area contributed by atoms with Crippen LogP contribution in [-0.2, 0) is 16.2 Å². The summed E-state index contributed by atoms with van der Waals surface area (Å²) < 4.78 is 11.6. The maximum absolute atomic E-state index is 12.1. The topological polar surface area (TPSA) is 89.0 Å². The van der Waals surface area contributed by atoms with E-state index in [1.54, 1.807) is 30.3 Å². The molecule has 0 spiro atoms. The largest absolute Gasteiger partial charge is 0.490 e. The second kappa shape index (κ2) is 14.5. The summed E-state index contributed by atoms with van der Waals surface area (Å²) in [6.45, 7) is 2.72. The third-order valence-corrected chi connectivity index (χ3v) is 5.98. The van der Waals surface area contributed by atoms with E-state index in [-0.39, 0.29) is 24.7 Å². The Morgan fingerprint density at radius 2 is 1.62 bits per heavy atom. The van der Waals surface area contributed by atoms with E-state index in [1.807, 2.05) is 37.3 Å². The van der Waals surface area contributed by atoms with Gasteiger partial charge in [0.15, 0.2) is 11.5 Å². The smallest absolute Gasteiger partial charge is 0.240 e. The normalized spacial score (nSPS) is 10.8. The Morgan fingerprint density at radius 3 is 2.35 bits per heavy atom. The van der Waals surface area contributed by atoms with Gasteiger partial charge < -0.3 is 14.8 Å². The van der Waals surface area contributed by atoms with Gasteiger partial charge in [0.25, 0.3) is 0 Å². The van der Waals surface area contributed by atoms with Crippen LogP contribution < -0.4 is 20.2 Å². The summed E-state index contributed by atoms with van der Waals surface area (Å²) in [5, 5.41) is 8.14. The van der Waals surface area contributed by atoms with Crippen LogP contribution in [0.5, 0.6) is 11.5 Å². The van der Waals surface area contributed by atoms with Crippen LogP contribution >= 0.6 is 34.8 Å². The molecule has 0 aromatic heterocycles. The molecule has 0 radical (unpaired) electrons. The van der Waals surface area contributed by atoms with E-state index in [2.05, 4.69) is 15.8 Å². The number of hydrazone groups is 1. The Labute approximate surface area is 230 Å². The van der Waals surface area contributed by atoms with Gasteiger partial charge in [-0.2, -0.15) is 5.10 Å². The van der Waals surface area contributed by atoms with Crippen LogP contribution in [-0.4, -0.2) is 24.6 Å². The second-order valence-electron chi connectivity index (χ2n) is 7.88. The van der Waals surface area contributed by atoms with Crippen molar-refractivity contribution in [2.45, 2.75) is 32.8 Å². The summed E-state index contributed by atoms with van der Waals surface area (Å²) in [4.78, 5) is 24.1. The average Bonchev–Trinajstić information content (AvgIpc) is 2.87. The maximum atomic E-state index is 12.1. The van der Waals surface area contributed by atoms with Gasteiger partial charge in [-0.05, 0) is 73.0 Å². The van der Waals surface area contributed by atoms with Gasteiger partial charge in [-0.3, -0.25) is 9.59 Å². The van der Waals surface area contributed by atoms with Gasteiger partial charge in [0.2, 0.25) is 11.8 Å². The van der Waals surface area contributed by atoms with Crippen molar-refractivity contribution in [3.63, 3.8) is 0 Å². The molecule has 0 aliphatic heterocycles. The SMILES string of the molecule is CCOc1cc(/C=N\NC(=O)CCCC(=O)Nc2ccc(Cl)c(Cl)c2)ccc1OCc1ccc(Cl)cc1. The molecule has 10 heteroatoms. The summed E-state index contributed by atoms with van der Waals surface area (Å²) >= 11 is 17.7. The molecular weight excluding hydrogens is 537 g/mol. The van der Waals surface area contributed by atoms with Crippen molar-refractivity contribution in [3.05, 3.63) is 86.9 Å². The summed E-state index contributed by atoms with van der Waals surface area (Å²) in [5.41, 5.74) is 4.72. The van der Waals surface area contributed by atoms with Gasteiger partial charge in [-0.1, -0.05) is 46.9 Å². The van der Waals surface area contributed by atoms with E-state index in [9.17, 15) is 9.59 Å². The number of nitrogens with one attached hydrogen (secondary N) is 2. The van der Waals surface area contributed by atoms with Gasteiger partial charge >= 0.3 is 0 Å². The number of rotatable bonds is 12. The fraction of sp³-hybridized carbons (Fsp3) is 0.222. The molecule has 0 heterocycles. The molecule has 0 atom stereocenters. The molecule has 7 nitrogen and oxygen atoms in total. The number of carbonyl (C=O) groups is 2. The molecule has 3 aromatic rings. The third-order valence-electron chi connectivity index (χ3n) is 4.99. The first-order valence-corrected chi connectivity index (χ1v) is 12.7. The summed E-state index contributed by atoms with van der Waals surface area (Å²) in [6, 6.07) is 17.6. The molecule has 0 saturated carbocycles. The highest BCUT2D eigenvalue weighted by Crippen LogP contribution is 2.29. The first kappa shape index (κ1) is 28.3. The Balaban J connectivity index is 1.44. The summed E-state index contributed by atoms with van der Waals surface area (Å²) in [6.07, 6.45) is 2.20. The van der Waals surface area contributed by atoms with E-state index in [1.165, 1.54) is 6.21 Å². The molecule has 2 N–H and O–H groups in total. The first-order chi connectivity index (χ1) is 17.8. The van der Waals surface area contributed by atoms with Crippen molar-refractivity contribution in [1.82, 2.24) is 5.43 Å². The van der Waals surface area contributed by atoms with Crippen LogP contribution in [0.3, 0.4) is 0 Å². The number of benzene rings is 3. The van der Waals surface area contributed by atoms with Crippen molar-refractivity contribution >= 4 is 58.5 Å². The number of nitrogens with zero attached hydrogens (tertiary/aromatic N) is 1. The molecular formula is C27H26Cl3N3O4. The molecule has 0 saturated heterocycles. The fourth-order valence-electron chi connectivity index (χ4n) is 3.18. The van der Waals surface area contributed by atoms with Gasteiger partial charge in [0.1, 0.15) is 6.61 Å². The zero-order valence-electron chi connectivity index (χ0n) is 20.1. The van der Waals surface area contributed by atoms with Gasteiger partial charge in [-0.25, -0.2) is 5.43 Å². The van der Waals surface area contributed by atoms with E-state index < -0.39 is 0 Å². The number of halogens is 3. The zero-order valence-corrected chi connectivity index (χ0v) is 22.4. The van der Waals surface area contributed by atoms with Crippen LogP contribution in [0.15, 0.2) is 65.8 Å².